The summed E-state index contributed by atoms with van der Waals surface area (Å²) in [5.74, 6) is 0.0306. The maximum atomic E-state index is 11.9. The fourth-order valence-corrected chi connectivity index (χ4v) is 2.27. The number of anilines is 1. The first kappa shape index (κ1) is 14.0. The second-order valence-electron chi connectivity index (χ2n) is 4.78. The number of hydrogen-bond acceptors (Lipinski definition) is 3. The van der Waals surface area contributed by atoms with Gasteiger partial charge in [-0.25, -0.2) is 0 Å². The van der Waals surface area contributed by atoms with Gasteiger partial charge < -0.3 is 15.4 Å². The molecular weight excluding hydrogens is 240 g/mol. The largest absolute Gasteiger partial charge is 0.381 e. The Morgan fingerprint density at radius 2 is 2.32 bits per heavy atom. The van der Waals surface area contributed by atoms with E-state index in [1.807, 2.05) is 12.1 Å². The molecular formula is C15H22N2O2. The monoisotopic (exact) mass is 262 g/mol. The molecule has 0 radical (unpaired) electrons. The molecule has 0 aliphatic carbocycles. The van der Waals surface area contributed by atoms with Crippen LogP contribution in [0.25, 0.3) is 0 Å². The van der Waals surface area contributed by atoms with Gasteiger partial charge in [-0.15, -0.1) is 0 Å². The summed E-state index contributed by atoms with van der Waals surface area (Å²) in [6.07, 6.45) is 2.38. The van der Waals surface area contributed by atoms with Crippen LogP contribution in [-0.4, -0.2) is 25.7 Å². The van der Waals surface area contributed by atoms with Crippen molar-refractivity contribution in [1.82, 2.24) is 5.32 Å². The third kappa shape index (κ3) is 4.04. The van der Waals surface area contributed by atoms with Gasteiger partial charge in [0.1, 0.15) is 0 Å². The Bertz CT molecular complexity index is 432. The highest BCUT2D eigenvalue weighted by atomic mass is 16.5. The predicted octanol–water partition coefficient (Wildman–Crippen LogP) is 2.09. The molecule has 1 heterocycles. The Morgan fingerprint density at radius 3 is 3.16 bits per heavy atom. The lowest BCUT2D eigenvalue weighted by Gasteiger charge is -2.20. The van der Waals surface area contributed by atoms with Gasteiger partial charge in [0.05, 0.1) is 13.0 Å². The van der Waals surface area contributed by atoms with Gasteiger partial charge >= 0.3 is 0 Å². The van der Waals surface area contributed by atoms with Gasteiger partial charge in [-0.3, -0.25) is 4.79 Å². The average Bonchev–Trinajstić information content (AvgIpc) is 2.44. The van der Waals surface area contributed by atoms with Crippen LogP contribution in [-0.2, 0) is 22.5 Å². The minimum atomic E-state index is 0.0306. The molecule has 2 rings (SSSR count). The van der Waals surface area contributed by atoms with E-state index in [9.17, 15) is 4.79 Å². The molecule has 0 spiro atoms. The smallest absolute Gasteiger partial charge is 0.226 e. The third-order valence-electron chi connectivity index (χ3n) is 3.24. The van der Waals surface area contributed by atoms with E-state index >= 15 is 0 Å². The Morgan fingerprint density at radius 1 is 1.42 bits per heavy atom. The van der Waals surface area contributed by atoms with Crippen molar-refractivity contribution in [2.24, 2.45) is 0 Å². The summed E-state index contributed by atoms with van der Waals surface area (Å²) in [5.41, 5.74) is 3.51. The van der Waals surface area contributed by atoms with Crippen molar-refractivity contribution >= 4 is 11.6 Å². The maximum absolute atomic E-state index is 11.9. The van der Waals surface area contributed by atoms with Crippen LogP contribution in [0.1, 0.15) is 30.9 Å². The molecule has 0 unspecified atom stereocenters. The number of rotatable bonds is 6. The highest BCUT2D eigenvalue weighted by molar-refractivity contribution is 5.91. The van der Waals surface area contributed by atoms with Crippen molar-refractivity contribution in [2.45, 2.75) is 32.7 Å². The predicted molar refractivity (Wildman–Crippen MR) is 76.2 cm³/mol. The first-order chi connectivity index (χ1) is 9.31. The van der Waals surface area contributed by atoms with Gasteiger partial charge in [0.15, 0.2) is 0 Å². The van der Waals surface area contributed by atoms with E-state index in [0.29, 0.717) is 13.0 Å². The zero-order valence-corrected chi connectivity index (χ0v) is 11.5. The molecule has 2 N–H and O–H groups in total. The summed E-state index contributed by atoms with van der Waals surface area (Å²) in [6.45, 7) is 5.14. The average molecular weight is 262 g/mol. The number of nitrogens with one attached hydrogen (secondary N) is 2. The van der Waals surface area contributed by atoms with Crippen LogP contribution in [0.15, 0.2) is 18.2 Å². The Balaban J connectivity index is 1.90. The van der Waals surface area contributed by atoms with E-state index in [2.05, 4.69) is 23.6 Å². The molecule has 0 fully saturated rings. The van der Waals surface area contributed by atoms with Crippen molar-refractivity contribution < 1.29 is 9.53 Å². The molecule has 104 valence electrons. The minimum absolute atomic E-state index is 0.0306. The third-order valence-corrected chi connectivity index (χ3v) is 3.24. The molecule has 4 nitrogen and oxygen atoms in total. The van der Waals surface area contributed by atoms with Gasteiger partial charge in [-0.2, -0.15) is 0 Å². The van der Waals surface area contributed by atoms with E-state index in [1.165, 1.54) is 11.1 Å². The van der Waals surface area contributed by atoms with E-state index in [0.717, 1.165) is 38.2 Å². The Hall–Kier alpha value is -1.39. The Kier molecular flexibility index (Phi) is 5.36. The first-order valence-corrected chi connectivity index (χ1v) is 7.00. The molecule has 0 atom stereocenters. The molecule has 0 aromatic heterocycles. The molecule has 0 bridgehead atoms. The van der Waals surface area contributed by atoms with E-state index < -0.39 is 0 Å². The molecule has 1 aromatic rings. The van der Waals surface area contributed by atoms with E-state index in [-0.39, 0.29) is 5.91 Å². The second-order valence-corrected chi connectivity index (χ2v) is 4.78. The number of ether oxygens (including phenoxy) is 1. The van der Waals surface area contributed by atoms with Gasteiger partial charge in [-0.1, -0.05) is 19.1 Å². The first-order valence-electron chi connectivity index (χ1n) is 7.00. The Labute approximate surface area is 114 Å². The lowest BCUT2D eigenvalue weighted by Crippen LogP contribution is -2.25. The summed E-state index contributed by atoms with van der Waals surface area (Å²) >= 11 is 0. The molecule has 1 aliphatic heterocycles. The SMILES string of the molecule is CCCOCCC(=O)Nc1cccc2c1CCNC2. The summed E-state index contributed by atoms with van der Waals surface area (Å²) < 4.78 is 5.33. The van der Waals surface area contributed by atoms with Crippen LogP contribution >= 0.6 is 0 Å². The number of amides is 1. The molecule has 19 heavy (non-hydrogen) atoms. The number of carbonyl (C=O) groups excluding carboxylic acids is 1. The lowest BCUT2D eigenvalue weighted by molar-refractivity contribution is -0.117. The normalized spacial score (nSPS) is 13.9. The standard InChI is InChI=1S/C15H22N2O2/c1-2-9-19-10-7-15(18)17-14-5-3-4-12-11-16-8-6-13(12)14/h3-5,16H,2,6-11H2,1H3,(H,17,18). The van der Waals surface area contributed by atoms with Crippen molar-refractivity contribution in [1.29, 1.82) is 0 Å². The molecule has 1 aromatic carbocycles. The number of fused-ring (bicyclic) bond motifs is 1. The highest BCUT2D eigenvalue weighted by Gasteiger charge is 2.13. The van der Waals surface area contributed by atoms with Crippen LogP contribution in [0.5, 0.6) is 0 Å². The quantitative estimate of drug-likeness (QED) is 0.772. The second kappa shape index (κ2) is 7.26. The molecule has 0 saturated heterocycles. The molecule has 4 heteroatoms. The lowest BCUT2D eigenvalue weighted by atomic mass is 9.99. The van der Waals surface area contributed by atoms with Gasteiger partial charge in [0.2, 0.25) is 5.91 Å². The molecule has 1 amide bonds. The summed E-state index contributed by atoms with van der Waals surface area (Å²) in [6, 6.07) is 6.09. The fraction of sp³-hybridized carbons (Fsp3) is 0.533. The zero-order valence-electron chi connectivity index (χ0n) is 11.5. The van der Waals surface area contributed by atoms with Crippen LogP contribution in [0.4, 0.5) is 5.69 Å². The van der Waals surface area contributed by atoms with Gasteiger partial charge in [0.25, 0.3) is 0 Å². The summed E-state index contributed by atoms with van der Waals surface area (Å²) in [5, 5.41) is 6.34. The van der Waals surface area contributed by atoms with Gasteiger partial charge in [-0.05, 0) is 36.6 Å². The van der Waals surface area contributed by atoms with Crippen molar-refractivity contribution in [3.8, 4) is 0 Å². The molecule has 1 aliphatic rings. The fourth-order valence-electron chi connectivity index (χ4n) is 2.27. The summed E-state index contributed by atoms with van der Waals surface area (Å²) in [4.78, 5) is 11.9. The number of carbonyl (C=O) groups is 1. The van der Waals surface area contributed by atoms with Crippen LogP contribution < -0.4 is 10.6 Å². The van der Waals surface area contributed by atoms with Crippen LogP contribution in [0.2, 0.25) is 0 Å². The van der Waals surface area contributed by atoms with Gasteiger partial charge in [0, 0.05) is 18.8 Å². The van der Waals surface area contributed by atoms with E-state index in [4.69, 9.17) is 4.74 Å². The topological polar surface area (TPSA) is 50.4 Å². The number of benzene rings is 1. The zero-order chi connectivity index (χ0) is 13.5. The van der Waals surface area contributed by atoms with E-state index in [1.54, 1.807) is 0 Å². The molecule has 0 saturated carbocycles. The summed E-state index contributed by atoms with van der Waals surface area (Å²) in [7, 11) is 0. The van der Waals surface area contributed by atoms with Crippen LogP contribution in [0, 0.1) is 0 Å². The van der Waals surface area contributed by atoms with Crippen LogP contribution in [0.3, 0.4) is 0 Å². The van der Waals surface area contributed by atoms with Crippen molar-refractivity contribution in [3.05, 3.63) is 29.3 Å². The van der Waals surface area contributed by atoms with Crippen molar-refractivity contribution in [3.63, 3.8) is 0 Å². The maximum Gasteiger partial charge on any atom is 0.226 e. The van der Waals surface area contributed by atoms with Crippen molar-refractivity contribution in [2.75, 3.05) is 25.1 Å². The minimum Gasteiger partial charge on any atom is -0.381 e. The number of hydrogen-bond donors (Lipinski definition) is 2. The highest BCUT2D eigenvalue weighted by Crippen LogP contribution is 2.23.